The number of rotatable bonds is 1. The van der Waals surface area contributed by atoms with E-state index in [1.54, 1.807) is 11.8 Å². The van der Waals surface area contributed by atoms with Crippen molar-refractivity contribution in [1.82, 2.24) is 0 Å². The number of phenolic OH excluding ortho intramolecular Hbond substituents is 2. The molecule has 1 aliphatic heterocycles. The van der Waals surface area contributed by atoms with Crippen LogP contribution in [0.15, 0.2) is 45.0 Å². The van der Waals surface area contributed by atoms with E-state index in [1.807, 2.05) is 24.5 Å². The summed E-state index contributed by atoms with van der Waals surface area (Å²) in [6.45, 7) is 0. The first-order valence-electron chi connectivity index (χ1n) is 6.02. The molecule has 0 atom stereocenters. The Morgan fingerprint density at radius 2 is 1.95 bits per heavy atom. The monoisotopic (exact) mass is 304 g/mol. The summed E-state index contributed by atoms with van der Waals surface area (Å²) in [6.07, 6.45) is 2.26. The highest BCUT2D eigenvalue weighted by molar-refractivity contribution is 7.99. The van der Waals surface area contributed by atoms with Crippen molar-refractivity contribution < 1.29 is 15.0 Å². The first kappa shape index (κ1) is 13.4. The number of carbonyl (C=O) groups is 1. The summed E-state index contributed by atoms with van der Waals surface area (Å²) >= 11 is 3.03. The zero-order valence-electron chi connectivity index (χ0n) is 10.7. The number of hydrogen-bond acceptors (Lipinski definition) is 5. The number of aromatic hydroxyl groups is 2. The van der Waals surface area contributed by atoms with Crippen molar-refractivity contribution in [3.05, 3.63) is 41.5 Å². The van der Waals surface area contributed by atoms with E-state index in [0.29, 0.717) is 10.5 Å². The molecule has 1 aliphatic rings. The lowest BCUT2D eigenvalue weighted by Crippen LogP contribution is -2.03. The molecule has 0 radical (unpaired) electrons. The number of thioether (sulfide) groups is 1. The minimum atomic E-state index is -0.157. The number of phenols is 2. The Morgan fingerprint density at radius 1 is 1.15 bits per heavy atom. The van der Waals surface area contributed by atoms with Crippen LogP contribution in [0.3, 0.4) is 0 Å². The molecule has 0 fully saturated rings. The molecule has 1 heterocycles. The quantitative estimate of drug-likeness (QED) is 0.787. The lowest BCUT2D eigenvalue weighted by atomic mass is 10.0. The standard InChI is InChI=1S/C15H12O3S2/c1-19-10-2-3-13-8(4-10)5-11(17)15-12(18)6-9(16)7-14(15)20-13/h2-4,6-7,16,18H,5H2,1H3. The van der Waals surface area contributed by atoms with Crippen LogP contribution in [0.25, 0.3) is 0 Å². The molecule has 102 valence electrons. The molecule has 20 heavy (non-hydrogen) atoms. The molecular weight excluding hydrogens is 292 g/mol. The molecule has 0 amide bonds. The van der Waals surface area contributed by atoms with E-state index in [2.05, 4.69) is 0 Å². The average molecular weight is 304 g/mol. The van der Waals surface area contributed by atoms with Gasteiger partial charge in [-0.2, -0.15) is 0 Å². The average Bonchev–Trinajstić information content (AvgIpc) is 2.52. The van der Waals surface area contributed by atoms with E-state index in [-0.39, 0.29) is 23.7 Å². The maximum Gasteiger partial charge on any atom is 0.172 e. The molecule has 3 nitrogen and oxygen atoms in total. The first-order chi connectivity index (χ1) is 9.58. The van der Waals surface area contributed by atoms with Crippen molar-refractivity contribution in [2.24, 2.45) is 0 Å². The second-order valence-corrected chi connectivity index (χ2v) is 6.48. The van der Waals surface area contributed by atoms with Crippen molar-refractivity contribution >= 4 is 29.3 Å². The Labute approximate surface area is 125 Å². The molecule has 3 rings (SSSR count). The minimum Gasteiger partial charge on any atom is -0.508 e. The summed E-state index contributed by atoms with van der Waals surface area (Å²) < 4.78 is 0. The van der Waals surface area contributed by atoms with Crippen molar-refractivity contribution in [2.75, 3.05) is 6.26 Å². The van der Waals surface area contributed by atoms with Gasteiger partial charge in [0.05, 0.1) is 5.56 Å². The molecule has 2 aromatic carbocycles. The van der Waals surface area contributed by atoms with Crippen molar-refractivity contribution in [3.8, 4) is 11.5 Å². The van der Waals surface area contributed by atoms with Gasteiger partial charge in [0.1, 0.15) is 11.5 Å². The summed E-state index contributed by atoms with van der Waals surface area (Å²) in [7, 11) is 0. The van der Waals surface area contributed by atoms with Gasteiger partial charge in [0.15, 0.2) is 5.78 Å². The number of carbonyl (C=O) groups excluding carboxylic acids is 1. The molecule has 0 unspecified atom stereocenters. The van der Waals surface area contributed by atoms with Gasteiger partial charge in [0, 0.05) is 27.2 Å². The summed E-state index contributed by atoms with van der Waals surface area (Å²) in [5.74, 6) is -0.317. The SMILES string of the molecule is CSc1ccc2c(c1)CC(=O)c1c(O)cc(O)cc1S2. The molecule has 0 aliphatic carbocycles. The Morgan fingerprint density at radius 3 is 2.70 bits per heavy atom. The molecule has 0 spiro atoms. The van der Waals surface area contributed by atoms with Gasteiger partial charge in [-0.05, 0) is 36.1 Å². The van der Waals surface area contributed by atoms with Crippen molar-refractivity contribution in [2.45, 2.75) is 21.1 Å². The fraction of sp³-hybridized carbons (Fsp3) is 0.133. The van der Waals surface area contributed by atoms with Gasteiger partial charge in [0.25, 0.3) is 0 Å². The molecule has 0 aromatic heterocycles. The molecule has 5 heteroatoms. The number of benzene rings is 2. The zero-order chi connectivity index (χ0) is 14.3. The maximum atomic E-state index is 12.3. The van der Waals surface area contributed by atoms with Crippen LogP contribution >= 0.6 is 23.5 Å². The van der Waals surface area contributed by atoms with Crippen LogP contribution in [0.5, 0.6) is 11.5 Å². The van der Waals surface area contributed by atoms with Crippen molar-refractivity contribution in [1.29, 1.82) is 0 Å². The highest BCUT2D eigenvalue weighted by Crippen LogP contribution is 2.42. The largest absolute Gasteiger partial charge is 0.508 e. The van der Waals surface area contributed by atoms with Crippen molar-refractivity contribution in [3.63, 3.8) is 0 Å². The van der Waals surface area contributed by atoms with Crippen LogP contribution in [-0.2, 0) is 6.42 Å². The predicted molar refractivity (Wildman–Crippen MR) is 80.2 cm³/mol. The Balaban J connectivity index is 2.16. The minimum absolute atomic E-state index is 0.0364. The van der Waals surface area contributed by atoms with Gasteiger partial charge in [-0.25, -0.2) is 0 Å². The van der Waals surface area contributed by atoms with Gasteiger partial charge >= 0.3 is 0 Å². The molecular formula is C15H12O3S2. The number of ketones is 1. The second kappa shape index (κ2) is 5.07. The summed E-state index contributed by atoms with van der Waals surface area (Å²) in [5.41, 5.74) is 1.26. The van der Waals surface area contributed by atoms with E-state index in [9.17, 15) is 15.0 Å². The lowest BCUT2D eigenvalue weighted by Gasteiger charge is -2.07. The van der Waals surface area contributed by atoms with E-state index in [1.165, 1.54) is 23.9 Å². The molecule has 0 saturated carbocycles. The predicted octanol–water partition coefficient (Wildman–Crippen LogP) is 3.71. The maximum absolute atomic E-state index is 12.3. The Kier molecular flexibility index (Phi) is 3.40. The number of fused-ring (bicyclic) bond motifs is 2. The van der Waals surface area contributed by atoms with Gasteiger partial charge in [-0.1, -0.05) is 11.8 Å². The van der Waals surface area contributed by atoms with Gasteiger partial charge in [-0.15, -0.1) is 11.8 Å². The Hall–Kier alpha value is -1.59. The van der Waals surface area contributed by atoms with Crippen LogP contribution in [-0.4, -0.2) is 22.3 Å². The highest BCUT2D eigenvalue weighted by Gasteiger charge is 2.24. The summed E-state index contributed by atoms with van der Waals surface area (Å²) in [6, 6.07) is 8.73. The molecule has 0 saturated heterocycles. The fourth-order valence-electron chi connectivity index (χ4n) is 2.25. The highest BCUT2D eigenvalue weighted by atomic mass is 32.2. The first-order valence-corrected chi connectivity index (χ1v) is 8.06. The third kappa shape index (κ3) is 2.27. The number of hydrogen-bond donors (Lipinski definition) is 2. The van der Waals surface area contributed by atoms with E-state index in [4.69, 9.17) is 0 Å². The van der Waals surface area contributed by atoms with Crippen LogP contribution in [0.4, 0.5) is 0 Å². The second-order valence-electron chi connectivity index (χ2n) is 4.51. The third-order valence-corrected chi connectivity index (χ3v) is 5.07. The summed E-state index contributed by atoms with van der Waals surface area (Å²) in [5, 5.41) is 19.5. The topological polar surface area (TPSA) is 57.5 Å². The smallest absolute Gasteiger partial charge is 0.172 e. The van der Waals surface area contributed by atoms with Crippen LogP contribution in [0.2, 0.25) is 0 Å². The van der Waals surface area contributed by atoms with E-state index in [0.717, 1.165) is 15.4 Å². The molecule has 2 N–H and O–H groups in total. The molecule has 0 bridgehead atoms. The summed E-state index contributed by atoms with van der Waals surface area (Å²) in [4.78, 5) is 15.0. The van der Waals surface area contributed by atoms with E-state index >= 15 is 0 Å². The van der Waals surface area contributed by atoms with Gasteiger partial charge < -0.3 is 10.2 Å². The third-order valence-electron chi connectivity index (χ3n) is 3.18. The normalized spacial score (nSPS) is 13.6. The van der Waals surface area contributed by atoms with Gasteiger partial charge in [-0.3, -0.25) is 4.79 Å². The van der Waals surface area contributed by atoms with Gasteiger partial charge in [0.2, 0.25) is 0 Å². The van der Waals surface area contributed by atoms with Crippen LogP contribution in [0.1, 0.15) is 15.9 Å². The van der Waals surface area contributed by atoms with Crippen LogP contribution < -0.4 is 0 Å². The number of Topliss-reactive ketones (excluding diaryl/α,β-unsaturated/α-hetero) is 1. The van der Waals surface area contributed by atoms with E-state index < -0.39 is 0 Å². The molecule has 2 aromatic rings. The van der Waals surface area contributed by atoms with Crippen LogP contribution in [0, 0.1) is 0 Å². The lowest BCUT2D eigenvalue weighted by molar-refractivity contribution is 0.0987. The zero-order valence-corrected chi connectivity index (χ0v) is 12.3. The fourth-order valence-corrected chi connectivity index (χ4v) is 3.85. The Bertz CT molecular complexity index is 711.